The van der Waals surface area contributed by atoms with Crippen LogP contribution < -0.4 is 10.9 Å². The first kappa shape index (κ1) is 21.5. The van der Waals surface area contributed by atoms with Crippen LogP contribution in [0.3, 0.4) is 0 Å². The molecule has 0 bridgehead atoms. The second-order valence-electron chi connectivity index (χ2n) is 8.41. The highest BCUT2D eigenvalue weighted by Gasteiger charge is 2.22. The Balaban J connectivity index is 1.61. The van der Waals surface area contributed by atoms with Crippen molar-refractivity contribution in [3.8, 4) is 0 Å². The Morgan fingerprint density at radius 2 is 1.97 bits per heavy atom. The molecule has 1 atom stereocenters. The number of H-pyrrole nitrogens is 1. The Labute approximate surface area is 188 Å². The predicted octanol–water partition coefficient (Wildman–Crippen LogP) is 4.83. The lowest BCUT2D eigenvalue weighted by molar-refractivity contribution is 0.0904. The van der Waals surface area contributed by atoms with E-state index in [1.54, 1.807) is 0 Å². The van der Waals surface area contributed by atoms with Crippen molar-refractivity contribution in [2.24, 2.45) is 0 Å². The van der Waals surface area contributed by atoms with E-state index < -0.39 is 0 Å². The van der Waals surface area contributed by atoms with Crippen molar-refractivity contribution in [3.05, 3.63) is 75.1 Å². The molecule has 2 heterocycles. The van der Waals surface area contributed by atoms with Crippen molar-refractivity contribution < 1.29 is 4.74 Å². The first-order chi connectivity index (χ1) is 14.9. The van der Waals surface area contributed by atoms with Gasteiger partial charge in [0.25, 0.3) is 5.56 Å². The molecule has 0 aliphatic carbocycles. The first-order valence-electron chi connectivity index (χ1n) is 10.8. The zero-order valence-electron chi connectivity index (χ0n) is 18.3. The van der Waals surface area contributed by atoms with Gasteiger partial charge in [0.2, 0.25) is 0 Å². The van der Waals surface area contributed by atoms with Crippen LogP contribution >= 0.6 is 12.2 Å². The number of thiocarbonyl (C=S) groups is 1. The number of fused-ring (bicyclic) bond motifs is 1. The number of rotatable bonds is 5. The summed E-state index contributed by atoms with van der Waals surface area (Å²) in [7, 11) is 0. The van der Waals surface area contributed by atoms with Gasteiger partial charge in [-0.2, -0.15) is 0 Å². The van der Waals surface area contributed by atoms with Gasteiger partial charge in [-0.05, 0) is 80.5 Å². The Kier molecular flexibility index (Phi) is 6.39. The maximum atomic E-state index is 12.9. The molecule has 0 saturated carbocycles. The number of hydrogen-bond acceptors (Lipinski definition) is 3. The van der Waals surface area contributed by atoms with Gasteiger partial charge in [0.1, 0.15) is 0 Å². The van der Waals surface area contributed by atoms with E-state index in [9.17, 15) is 4.79 Å². The number of aromatic nitrogens is 1. The molecule has 2 aromatic carbocycles. The number of nitrogens with one attached hydrogen (secondary N) is 2. The lowest BCUT2D eigenvalue weighted by Gasteiger charge is -2.28. The Hall–Kier alpha value is -2.70. The summed E-state index contributed by atoms with van der Waals surface area (Å²) in [5, 5.41) is 4.96. The number of aromatic amines is 1. The quantitative estimate of drug-likeness (QED) is 0.562. The zero-order chi connectivity index (χ0) is 22.0. The second-order valence-corrected chi connectivity index (χ2v) is 8.79. The van der Waals surface area contributed by atoms with Crippen LogP contribution in [-0.4, -0.2) is 34.3 Å². The highest BCUT2D eigenvalue weighted by Crippen LogP contribution is 2.21. The number of hydrogen-bond donors (Lipinski definition) is 2. The van der Waals surface area contributed by atoms with Gasteiger partial charge in [-0.25, -0.2) is 0 Å². The minimum Gasteiger partial charge on any atom is -0.376 e. The molecule has 162 valence electrons. The highest BCUT2D eigenvalue weighted by molar-refractivity contribution is 7.80. The Morgan fingerprint density at radius 1 is 1.19 bits per heavy atom. The largest absolute Gasteiger partial charge is 0.376 e. The summed E-state index contributed by atoms with van der Waals surface area (Å²) in [6.45, 7) is 8.02. The molecule has 6 heteroatoms. The first-order valence-corrected chi connectivity index (χ1v) is 11.2. The van der Waals surface area contributed by atoms with Gasteiger partial charge in [-0.15, -0.1) is 0 Å². The molecular formula is C25H29N3O2S. The molecule has 0 radical (unpaired) electrons. The molecular weight excluding hydrogens is 406 g/mol. The zero-order valence-corrected chi connectivity index (χ0v) is 19.1. The third kappa shape index (κ3) is 4.97. The van der Waals surface area contributed by atoms with E-state index in [0.29, 0.717) is 23.8 Å². The van der Waals surface area contributed by atoms with Gasteiger partial charge in [0, 0.05) is 24.4 Å². The topological polar surface area (TPSA) is 57.4 Å². The molecule has 1 aromatic heterocycles. The fraction of sp³-hybridized carbons (Fsp3) is 0.360. The van der Waals surface area contributed by atoms with Gasteiger partial charge >= 0.3 is 0 Å². The average Bonchev–Trinajstić information content (AvgIpc) is 3.26. The van der Waals surface area contributed by atoms with Gasteiger partial charge in [-0.1, -0.05) is 29.8 Å². The minimum absolute atomic E-state index is 0.0725. The van der Waals surface area contributed by atoms with Gasteiger partial charge in [-0.3, -0.25) is 4.79 Å². The molecule has 31 heavy (non-hydrogen) atoms. The van der Waals surface area contributed by atoms with Gasteiger partial charge in [0.15, 0.2) is 5.11 Å². The number of ether oxygens (including phenoxy) is 1. The lowest BCUT2D eigenvalue weighted by Crippen LogP contribution is -2.40. The van der Waals surface area contributed by atoms with Crippen molar-refractivity contribution in [1.29, 1.82) is 0 Å². The van der Waals surface area contributed by atoms with Crippen LogP contribution in [0.5, 0.6) is 0 Å². The minimum atomic E-state index is -0.0725. The molecule has 1 aliphatic rings. The number of benzene rings is 2. The Morgan fingerprint density at radius 3 is 2.68 bits per heavy atom. The molecule has 2 N–H and O–H groups in total. The number of aryl methyl sites for hydroxylation is 3. The lowest BCUT2D eigenvalue weighted by atomic mass is 10.0. The maximum absolute atomic E-state index is 12.9. The molecule has 3 aromatic rings. The van der Waals surface area contributed by atoms with Crippen molar-refractivity contribution in [3.63, 3.8) is 0 Å². The number of anilines is 1. The van der Waals surface area contributed by atoms with Crippen molar-refractivity contribution in [2.75, 3.05) is 18.5 Å². The number of nitrogens with zero attached hydrogens (tertiary/aromatic N) is 1. The van der Waals surface area contributed by atoms with Crippen LogP contribution in [0, 0.1) is 20.8 Å². The smallest absolute Gasteiger partial charge is 0.253 e. The van der Waals surface area contributed by atoms with Crippen LogP contribution in [0.4, 0.5) is 5.69 Å². The van der Waals surface area contributed by atoms with E-state index in [1.165, 1.54) is 11.1 Å². The summed E-state index contributed by atoms with van der Waals surface area (Å²) in [6.07, 6.45) is 2.20. The summed E-state index contributed by atoms with van der Waals surface area (Å²) in [5.74, 6) is 0. The van der Waals surface area contributed by atoms with Crippen LogP contribution in [0.25, 0.3) is 10.9 Å². The van der Waals surface area contributed by atoms with E-state index in [2.05, 4.69) is 36.3 Å². The van der Waals surface area contributed by atoms with E-state index in [1.807, 2.05) is 42.2 Å². The summed E-state index contributed by atoms with van der Waals surface area (Å²) in [6, 6.07) is 14.3. The van der Waals surface area contributed by atoms with Crippen molar-refractivity contribution in [1.82, 2.24) is 9.88 Å². The number of pyridine rings is 1. The third-order valence-electron chi connectivity index (χ3n) is 6.03. The van der Waals surface area contributed by atoms with Crippen LogP contribution in [0.1, 0.15) is 35.1 Å². The maximum Gasteiger partial charge on any atom is 0.253 e. The monoisotopic (exact) mass is 435 g/mol. The summed E-state index contributed by atoms with van der Waals surface area (Å²) in [5.41, 5.74) is 5.93. The SMILES string of the molecule is Cc1ccc(NC(=S)N(Cc2cc3ccc(C)c(C)c3[nH]c2=O)C[C@@H]2CCCO2)cc1. The molecule has 0 unspecified atom stereocenters. The fourth-order valence-corrected chi connectivity index (χ4v) is 4.24. The van der Waals surface area contributed by atoms with Crippen molar-refractivity contribution >= 4 is 33.9 Å². The van der Waals surface area contributed by atoms with E-state index in [-0.39, 0.29) is 11.7 Å². The van der Waals surface area contributed by atoms with Crippen LogP contribution in [0.2, 0.25) is 0 Å². The van der Waals surface area contributed by atoms with E-state index in [4.69, 9.17) is 17.0 Å². The standard InChI is InChI=1S/C25H29N3O2S/c1-16-6-10-21(11-7-16)26-25(31)28(15-22-5-4-12-30-22)14-20-13-19-9-8-17(2)18(3)23(19)27-24(20)29/h6-11,13,22H,4-5,12,14-15H2,1-3H3,(H,26,31)(H,27,29)/t22-/m0/s1. The van der Waals surface area contributed by atoms with E-state index in [0.717, 1.165) is 41.6 Å². The summed E-state index contributed by atoms with van der Waals surface area (Å²) < 4.78 is 5.85. The van der Waals surface area contributed by atoms with Crippen molar-refractivity contribution in [2.45, 2.75) is 46.3 Å². The summed E-state index contributed by atoms with van der Waals surface area (Å²) >= 11 is 5.75. The fourth-order valence-electron chi connectivity index (χ4n) is 3.99. The average molecular weight is 436 g/mol. The normalized spacial score (nSPS) is 15.9. The third-order valence-corrected chi connectivity index (χ3v) is 6.39. The van der Waals surface area contributed by atoms with Gasteiger partial charge in [0.05, 0.1) is 18.2 Å². The molecule has 1 saturated heterocycles. The molecule has 1 fully saturated rings. The van der Waals surface area contributed by atoms with E-state index >= 15 is 0 Å². The molecule has 1 aliphatic heterocycles. The molecule has 5 nitrogen and oxygen atoms in total. The second kappa shape index (κ2) is 9.20. The molecule has 0 amide bonds. The molecule has 0 spiro atoms. The van der Waals surface area contributed by atoms with Crippen LogP contribution in [0.15, 0.2) is 47.3 Å². The summed E-state index contributed by atoms with van der Waals surface area (Å²) in [4.78, 5) is 18.0. The molecule has 4 rings (SSSR count). The van der Waals surface area contributed by atoms with Gasteiger partial charge < -0.3 is 19.9 Å². The predicted molar refractivity (Wildman–Crippen MR) is 131 cm³/mol. The Bertz CT molecular complexity index is 1150. The highest BCUT2D eigenvalue weighted by atomic mass is 32.1. The van der Waals surface area contributed by atoms with Crippen LogP contribution in [-0.2, 0) is 11.3 Å².